The molecule has 3 fully saturated rings. The lowest BCUT2D eigenvalue weighted by Crippen LogP contribution is -2.40. The van der Waals surface area contributed by atoms with Crippen molar-refractivity contribution in [1.82, 2.24) is 24.6 Å². The van der Waals surface area contributed by atoms with Crippen molar-refractivity contribution in [3.8, 4) is 28.7 Å². The van der Waals surface area contributed by atoms with E-state index in [0.29, 0.717) is 115 Å². The average molecular weight is 1040 g/mol. The lowest BCUT2D eigenvalue weighted by atomic mass is 10.1. The molecule has 1 aromatic heterocycles. The van der Waals surface area contributed by atoms with Gasteiger partial charge in [0.2, 0.25) is 0 Å². The van der Waals surface area contributed by atoms with E-state index in [9.17, 15) is 9.59 Å². The molecule has 2 atom stereocenters. The van der Waals surface area contributed by atoms with Crippen molar-refractivity contribution in [2.45, 2.75) is 70.6 Å². The average Bonchev–Trinajstić information content (AvgIpc) is 3.97. The van der Waals surface area contributed by atoms with Gasteiger partial charge >= 0.3 is 0 Å². The molecule has 3 saturated heterocycles. The van der Waals surface area contributed by atoms with Gasteiger partial charge in [-0.1, -0.05) is 44.9 Å². The van der Waals surface area contributed by atoms with Crippen LogP contribution < -0.4 is 23.7 Å². The van der Waals surface area contributed by atoms with Crippen LogP contribution in [0, 0.1) is 0 Å². The molecule has 73 heavy (non-hydrogen) atoms. The van der Waals surface area contributed by atoms with Crippen molar-refractivity contribution in [3.05, 3.63) is 82.2 Å². The van der Waals surface area contributed by atoms with Gasteiger partial charge in [0.15, 0.2) is 23.0 Å². The van der Waals surface area contributed by atoms with Crippen LogP contribution in [0.5, 0.6) is 28.7 Å². The number of hydrogen-bond acceptors (Lipinski definition) is 17. The second-order valence-corrected chi connectivity index (χ2v) is 22.2. The number of nitrogens with zero attached hydrogens (tertiary/aromatic N) is 7. The van der Waals surface area contributed by atoms with E-state index in [2.05, 4.69) is 42.1 Å². The highest BCUT2D eigenvalue weighted by atomic mass is 33.1. The van der Waals surface area contributed by atoms with Crippen molar-refractivity contribution >= 4 is 57.2 Å². The predicted octanol–water partition coefficient (Wildman–Crippen LogP) is 7.85. The maximum Gasteiger partial charge on any atom is 0.257 e. The summed E-state index contributed by atoms with van der Waals surface area (Å²) in [6, 6.07) is 10.4. The van der Waals surface area contributed by atoms with Gasteiger partial charge in [-0.25, -0.2) is 0 Å². The van der Waals surface area contributed by atoms with Crippen molar-refractivity contribution in [2.75, 3.05) is 119 Å². The topological polar surface area (TPSA) is 159 Å². The number of methoxy groups -OCH3 is 2. The van der Waals surface area contributed by atoms with Gasteiger partial charge in [-0.2, -0.15) is 0 Å². The summed E-state index contributed by atoms with van der Waals surface area (Å²) in [4.78, 5) is 50.5. The fraction of sp³-hybridized carbons (Fsp3) is 0.537. The molecule has 8 rings (SSSR count). The summed E-state index contributed by atoms with van der Waals surface area (Å²) < 4.78 is 48.4. The van der Waals surface area contributed by atoms with Gasteiger partial charge in [0.05, 0.1) is 99.8 Å². The van der Waals surface area contributed by atoms with E-state index in [1.165, 1.54) is 11.1 Å². The van der Waals surface area contributed by atoms with Crippen LogP contribution in [0.3, 0.4) is 0 Å². The quantitative estimate of drug-likeness (QED) is 0.0459. The molecule has 0 N–H and O–H groups in total. The minimum absolute atomic E-state index is 0.0162. The molecule has 2 aromatic carbocycles. The Balaban J connectivity index is 0.972. The number of pyridine rings is 1. The van der Waals surface area contributed by atoms with E-state index >= 15 is 0 Å². The maximum atomic E-state index is 13.8. The number of ether oxygens (including phenoxy) is 8. The van der Waals surface area contributed by atoms with Crippen LogP contribution in [0.15, 0.2) is 69.7 Å². The molecular formula is C54H71N7O10S2. The second kappa shape index (κ2) is 25.9. The molecule has 5 aliphatic rings. The van der Waals surface area contributed by atoms with Crippen LogP contribution in [0.25, 0.3) is 0 Å². The largest absolute Gasteiger partial charge is 0.493 e. The van der Waals surface area contributed by atoms with Gasteiger partial charge < -0.3 is 47.7 Å². The number of carbonyl (C=O) groups excluding carboxylic acids is 2. The summed E-state index contributed by atoms with van der Waals surface area (Å²) in [5, 5.41) is 0. The summed E-state index contributed by atoms with van der Waals surface area (Å²) in [5.74, 6) is 2.05. The molecule has 394 valence electrons. The zero-order chi connectivity index (χ0) is 51.3. The number of amides is 2. The van der Waals surface area contributed by atoms with Crippen LogP contribution in [0.4, 0.5) is 11.4 Å². The molecule has 2 unspecified atom stereocenters. The molecular weight excluding hydrogens is 971 g/mol. The number of aliphatic imine (C=N–C) groups is 2. The molecule has 3 aromatic rings. The van der Waals surface area contributed by atoms with Crippen LogP contribution in [0.2, 0.25) is 0 Å². The SMILES string of the molecule is CC=C1CC2C=Nc3cc(OCc4cc(OCCN(CCOCCOCCN5CCOCC5)CC(C)(C)SSC)cc(COc5cc6c(cc5OC)C(=O)N5CC(=CC)CC5C=N6)n4)c(OC)cc3C(=O)N2C1. The summed E-state index contributed by atoms with van der Waals surface area (Å²) in [7, 11) is 6.72. The first-order chi connectivity index (χ1) is 35.5. The van der Waals surface area contributed by atoms with Gasteiger partial charge in [-0.3, -0.25) is 34.4 Å². The monoisotopic (exact) mass is 1040 g/mol. The van der Waals surface area contributed by atoms with E-state index in [-0.39, 0.29) is 41.9 Å². The Labute approximate surface area is 438 Å². The van der Waals surface area contributed by atoms with Crippen LogP contribution in [-0.4, -0.2) is 185 Å². The summed E-state index contributed by atoms with van der Waals surface area (Å²) >= 11 is 0. The number of allylic oxidation sites excluding steroid dienone is 2. The fourth-order valence-electron chi connectivity index (χ4n) is 9.57. The number of hydrogen-bond donors (Lipinski definition) is 0. The first-order valence-corrected chi connectivity index (χ1v) is 27.7. The van der Waals surface area contributed by atoms with Crippen molar-refractivity contribution in [2.24, 2.45) is 9.98 Å². The highest BCUT2D eigenvalue weighted by Gasteiger charge is 2.36. The Hall–Kier alpha value is -5.15. The third-order valence-electron chi connectivity index (χ3n) is 13.4. The Morgan fingerprint density at radius 3 is 1.77 bits per heavy atom. The molecule has 0 radical (unpaired) electrons. The number of benzene rings is 2. The van der Waals surface area contributed by atoms with Crippen molar-refractivity contribution in [3.63, 3.8) is 0 Å². The predicted molar refractivity (Wildman–Crippen MR) is 288 cm³/mol. The van der Waals surface area contributed by atoms with Crippen molar-refractivity contribution in [1.29, 1.82) is 0 Å². The number of aromatic nitrogens is 1. The van der Waals surface area contributed by atoms with E-state index in [4.69, 9.17) is 52.9 Å². The lowest BCUT2D eigenvalue weighted by Gasteiger charge is -2.31. The van der Waals surface area contributed by atoms with Gasteiger partial charge in [-0.05, 0) is 58.9 Å². The normalized spacial score (nSPS) is 19.8. The molecule has 0 saturated carbocycles. The number of rotatable bonds is 25. The van der Waals surface area contributed by atoms with Crippen LogP contribution in [-0.2, 0) is 27.4 Å². The Bertz CT molecular complexity index is 2400. The van der Waals surface area contributed by atoms with E-state index in [0.717, 1.165) is 58.8 Å². The van der Waals surface area contributed by atoms with Gasteiger partial charge in [-0.15, -0.1) is 0 Å². The summed E-state index contributed by atoms with van der Waals surface area (Å²) in [6.07, 6.45) is 11.4. The van der Waals surface area contributed by atoms with Gasteiger partial charge in [0, 0.05) is 93.8 Å². The number of carbonyl (C=O) groups is 2. The molecule has 17 nitrogen and oxygen atoms in total. The Kier molecular flexibility index (Phi) is 19.2. The van der Waals surface area contributed by atoms with E-state index in [1.54, 1.807) is 49.3 Å². The first-order valence-electron chi connectivity index (χ1n) is 25.2. The molecule has 0 aliphatic carbocycles. The minimum atomic E-state index is -0.110. The Morgan fingerprint density at radius 2 is 1.25 bits per heavy atom. The maximum absolute atomic E-state index is 13.8. The lowest BCUT2D eigenvalue weighted by molar-refractivity contribution is 0.00544. The standard InChI is InChI=1S/C54H71N7O10S2/c1-8-37-22-41-30-55-46-28-50(48(64-5)26-44(46)52(62)60(41)32-37)70-34-39-24-43(69-19-14-59(36-54(3,4)73-72-7)13-18-68-21-20-67-17-12-58-10-15-66-16-11-58)25-40(57-39)35-71-51-29-47-45(27-49(51)65-6)53(63)61-33-38(9-2)23-42(61)31-56-47/h8-9,24-31,41-42H,10-23,32-36H2,1-7H3. The summed E-state index contributed by atoms with van der Waals surface area (Å²) in [5.41, 5.74) is 5.52. The third-order valence-corrected chi connectivity index (χ3v) is 16.1. The minimum Gasteiger partial charge on any atom is -0.493 e. The molecule has 0 bridgehead atoms. The zero-order valence-electron chi connectivity index (χ0n) is 43.4. The van der Waals surface area contributed by atoms with Crippen LogP contribution in [0.1, 0.15) is 72.6 Å². The molecule has 0 spiro atoms. The highest BCUT2D eigenvalue weighted by Crippen LogP contribution is 2.41. The Morgan fingerprint density at radius 1 is 0.712 bits per heavy atom. The fourth-order valence-corrected chi connectivity index (χ4v) is 11.8. The molecule has 6 heterocycles. The second-order valence-electron chi connectivity index (χ2n) is 19.1. The number of fused-ring (bicyclic) bond motifs is 4. The van der Waals surface area contributed by atoms with Gasteiger partial charge in [0.1, 0.15) is 25.6 Å². The zero-order valence-corrected chi connectivity index (χ0v) is 45.0. The third kappa shape index (κ3) is 14.2. The molecule has 5 aliphatic heterocycles. The first kappa shape index (κ1) is 54.1. The summed E-state index contributed by atoms with van der Waals surface area (Å²) in [6.45, 7) is 19.0. The van der Waals surface area contributed by atoms with E-state index in [1.807, 2.05) is 59.0 Å². The molecule has 2 amide bonds. The highest BCUT2D eigenvalue weighted by molar-refractivity contribution is 8.77. The molecule has 19 heteroatoms. The van der Waals surface area contributed by atoms with Crippen LogP contribution >= 0.6 is 21.6 Å². The van der Waals surface area contributed by atoms with Crippen molar-refractivity contribution < 1.29 is 47.5 Å². The van der Waals surface area contributed by atoms with E-state index < -0.39 is 0 Å². The number of morpholine rings is 1. The smallest absolute Gasteiger partial charge is 0.257 e. The van der Waals surface area contributed by atoms with Gasteiger partial charge in [0.25, 0.3) is 11.8 Å².